The Morgan fingerprint density at radius 1 is 1.50 bits per heavy atom. The van der Waals surface area contributed by atoms with E-state index in [1.807, 2.05) is 11.8 Å². The SMILES string of the molecule is C[C@@H]1C[C@H](C)SC1Cl. The minimum atomic E-state index is 0.380. The Kier molecular flexibility index (Phi) is 2.10. The van der Waals surface area contributed by atoms with Crippen molar-refractivity contribution in [3.63, 3.8) is 0 Å². The van der Waals surface area contributed by atoms with Crippen LogP contribution in [0.5, 0.6) is 0 Å². The van der Waals surface area contributed by atoms with Gasteiger partial charge in [0.25, 0.3) is 0 Å². The zero-order valence-corrected chi connectivity index (χ0v) is 6.80. The van der Waals surface area contributed by atoms with Crippen LogP contribution >= 0.6 is 23.4 Å². The van der Waals surface area contributed by atoms with E-state index in [2.05, 4.69) is 13.8 Å². The van der Waals surface area contributed by atoms with Crippen LogP contribution in [0.25, 0.3) is 0 Å². The second-order valence-corrected chi connectivity index (χ2v) is 4.82. The zero-order chi connectivity index (χ0) is 6.15. The molecule has 0 aromatic heterocycles. The van der Waals surface area contributed by atoms with E-state index in [9.17, 15) is 0 Å². The molecule has 0 aromatic rings. The van der Waals surface area contributed by atoms with Gasteiger partial charge >= 0.3 is 0 Å². The van der Waals surface area contributed by atoms with E-state index in [0.29, 0.717) is 4.71 Å². The van der Waals surface area contributed by atoms with Gasteiger partial charge in [-0.15, -0.1) is 23.4 Å². The molecule has 1 rings (SSSR count). The van der Waals surface area contributed by atoms with Crippen LogP contribution in [0.4, 0.5) is 0 Å². The topological polar surface area (TPSA) is 0 Å². The third kappa shape index (κ3) is 1.32. The fourth-order valence-corrected chi connectivity index (χ4v) is 2.91. The quantitative estimate of drug-likeness (QED) is 0.479. The van der Waals surface area contributed by atoms with Crippen LogP contribution in [0.3, 0.4) is 0 Å². The van der Waals surface area contributed by atoms with Crippen molar-refractivity contribution in [1.82, 2.24) is 0 Å². The third-order valence-electron chi connectivity index (χ3n) is 1.51. The predicted molar refractivity (Wildman–Crippen MR) is 40.5 cm³/mol. The van der Waals surface area contributed by atoms with Gasteiger partial charge in [0.1, 0.15) is 0 Å². The number of halogens is 1. The summed E-state index contributed by atoms with van der Waals surface area (Å²) in [7, 11) is 0. The van der Waals surface area contributed by atoms with Gasteiger partial charge in [-0.2, -0.15) is 0 Å². The van der Waals surface area contributed by atoms with E-state index in [-0.39, 0.29) is 0 Å². The first kappa shape index (κ1) is 6.76. The van der Waals surface area contributed by atoms with E-state index in [1.54, 1.807) is 0 Å². The highest BCUT2D eigenvalue weighted by atomic mass is 35.5. The first-order chi connectivity index (χ1) is 3.70. The summed E-state index contributed by atoms with van der Waals surface area (Å²) in [5.74, 6) is 0.719. The number of hydrogen-bond acceptors (Lipinski definition) is 1. The number of hydrogen-bond donors (Lipinski definition) is 0. The number of alkyl halides is 1. The van der Waals surface area contributed by atoms with Crippen molar-refractivity contribution < 1.29 is 0 Å². The molecule has 0 amide bonds. The second-order valence-electron chi connectivity index (χ2n) is 2.51. The molecular formula is C6H11ClS. The van der Waals surface area contributed by atoms with Crippen LogP contribution in [-0.2, 0) is 0 Å². The molecule has 0 aromatic carbocycles. The molecular weight excluding hydrogens is 140 g/mol. The Balaban J connectivity index is 2.39. The van der Waals surface area contributed by atoms with Gasteiger partial charge in [0.05, 0.1) is 4.71 Å². The van der Waals surface area contributed by atoms with Gasteiger partial charge in [0.2, 0.25) is 0 Å². The fraction of sp³-hybridized carbons (Fsp3) is 1.00. The number of thioether (sulfide) groups is 1. The molecule has 0 spiro atoms. The van der Waals surface area contributed by atoms with Crippen molar-refractivity contribution in [1.29, 1.82) is 0 Å². The molecule has 1 fully saturated rings. The molecule has 0 aliphatic carbocycles. The van der Waals surface area contributed by atoms with Crippen LogP contribution in [0.1, 0.15) is 20.3 Å². The summed E-state index contributed by atoms with van der Waals surface area (Å²) >= 11 is 7.81. The van der Waals surface area contributed by atoms with Gasteiger partial charge in [-0.25, -0.2) is 0 Å². The van der Waals surface area contributed by atoms with Crippen LogP contribution in [0.15, 0.2) is 0 Å². The molecule has 0 N–H and O–H groups in total. The van der Waals surface area contributed by atoms with Crippen LogP contribution in [-0.4, -0.2) is 9.96 Å². The summed E-state index contributed by atoms with van der Waals surface area (Å²) in [6.45, 7) is 4.46. The third-order valence-corrected chi connectivity index (χ3v) is 3.63. The smallest absolute Gasteiger partial charge is 0.0817 e. The molecule has 48 valence electrons. The Labute approximate surface area is 60.0 Å². The van der Waals surface area contributed by atoms with Crippen LogP contribution < -0.4 is 0 Å². The van der Waals surface area contributed by atoms with Crippen molar-refractivity contribution in [2.45, 2.75) is 30.2 Å². The van der Waals surface area contributed by atoms with E-state index >= 15 is 0 Å². The molecule has 1 heterocycles. The second kappa shape index (κ2) is 2.49. The summed E-state index contributed by atoms with van der Waals surface area (Å²) in [5.41, 5.74) is 0. The molecule has 1 aliphatic rings. The standard InChI is InChI=1S/C6H11ClS/c1-4-3-5(2)8-6(4)7/h4-6H,3H2,1-2H3/t4-,5+,6?/m1/s1. The highest BCUT2D eigenvalue weighted by molar-refractivity contribution is 8.01. The maximum absolute atomic E-state index is 5.92. The molecule has 0 radical (unpaired) electrons. The highest BCUT2D eigenvalue weighted by Crippen LogP contribution is 2.39. The molecule has 1 aliphatic heterocycles. The van der Waals surface area contributed by atoms with Crippen molar-refractivity contribution in [3.8, 4) is 0 Å². The zero-order valence-electron chi connectivity index (χ0n) is 5.23. The van der Waals surface area contributed by atoms with E-state index in [4.69, 9.17) is 11.6 Å². The summed E-state index contributed by atoms with van der Waals surface area (Å²) in [6, 6.07) is 0. The molecule has 0 saturated carbocycles. The molecule has 1 saturated heterocycles. The van der Waals surface area contributed by atoms with Gasteiger partial charge in [0, 0.05) is 5.25 Å². The molecule has 8 heavy (non-hydrogen) atoms. The normalized spacial score (nSPS) is 47.6. The maximum atomic E-state index is 5.92. The van der Waals surface area contributed by atoms with Crippen LogP contribution in [0, 0.1) is 5.92 Å². The molecule has 3 atom stereocenters. The Hall–Kier alpha value is 0.640. The molecule has 0 nitrogen and oxygen atoms in total. The van der Waals surface area contributed by atoms with Crippen LogP contribution in [0.2, 0.25) is 0 Å². The minimum Gasteiger partial charge on any atom is -0.139 e. The predicted octanol–water partition coefficient (Wildman–Crippen LogP) is 2.71. The first-order valence-corrected chi connectivity index (χ1v) is 4.37. The fourth-order valence-electron chi connectivity index (χ4n) is 1.04. The van der Waals surface area contributed by atoms with Gasteiger partial charge < -0.3 is 0 Å². The monoisotopic (exact) mass is 150 g/mol. The van der Waals surface area contributed by atoms with E-state index in [1.165, 1.54) is 6.42 Å². The van der Waals surface area contributed by atoms with Crippen molar-refractivity contribution in [2.24, 2.45) is 5.92 Å². The van der Waals surface area contributed by atoms with E-state index < -0.39 is 0 Å². The minimum absolute atomic E-state index is 0.380. The number of rotatable bonds is 0. The first-order valence-electron chi connectivity index (χ1n) is 2.99. The van der Waals surface area contributed by atoms with Gasteiger partial charge in [0.15, 0.2) is 0 Å². The highest BCUT2D eigenvalue weighted by Gasteiger charge is 2.26. The lowest BCUT2D eigenvalue weighted by atomic mass is 10.1. The molecule has 0 bridgehead atoms. The lowest BCUT2D eigenvalue weighted by Crippen LogP contribution is -1.97. The summed E-state index contributed by atoms with van der Waals surface area (Å²) in [4.78, 5) is 0. The lowest BCUT2D eigenvalue weighted by molar-refractivity contribution is 0.605. The van der Waals surface area contributed by atoms with Gasteiger partial charge in [-0.1, -0.05) is 13.8 Å². The summed E-state index contributed by atoms with van der Waals surface area (Å²) < 4.78 is 0.380. The van der Waals surface area contributed by atoms with Crippen molar-refractivity contribution in [2.75, 3.05) is 0 Å². The van der Waals surface area contributed by atoms with Gasteiger partial charge in [-0.05, 0) is 12.3 Å². The summed E-state index contributed by atoms with van der Waals surface area (Å²) in [5, 5.41) is 0.785. The van der Waals surface area contributed by atoms with Gasteiger partial charge in [-0.3, -0.25) is 0 Å². The largest absolute Gasteiger partial charge is 0.139 e. The molecule has 1 unspecified atom stereocenters. The molecule has 2 heteroatoms. The summed E-state index contributed by atoms with van der Waals surface area (Å²) in [6.07, 6.45) is 1.29. The van der Waals surface area contributed by atoms with E-state index in [0.717, 1.165) is 11.2 Å². The Bertz CT molecular complexity index is 74.6. The Morgan fingerprint density at radius 3 is 2.25 bits per heavy atom. The average Bonchev–Trinajstić information content (AvgIpc) is 1.85. The lowest BCUT2D eigenvalue weighted by Gasteiger charge is -2.01. The average molecular weight is 151 g/mol. The van der Waals surface area contributed by atoms with Crippen molar-refractivity contribution >= 4 is 23.4 Å². The van der Waals surface area contributed by atoms with Crippen molar-refractivity contribution in [3.05, 3.63) is 0 Å². The maximum Gasteiger partial charge on any atom is 0.0817 e. The Morgan fingerprint density at radius 2 is 2.12 bits per heavy atom.